The van der Waals surface area contributed by atoms with Gasteiger partial charge in [-0.25, -0.2) is 4.68 Å². The molecular formula is C28H26ClN5OS. The highest BCUT2D eigenvalue weighted by atomic mass is 35.5. The standard InChI is InChI=1S/C28H26ClN5OS/c1-17-9-14-23(18(2)15-17)31-26(35)24-19(3)30-27-32-28(36-16-20-10-12-22(29)13-11-20)33-34(27)25(24)21-7-5-4-6-8-21/h4-15,25H,16H2,1-3H3,(H,31,35)(H,30,32,33)/t25-/m1/s1. The molecule has 0 fully saturated rings. The van der Waals surface area contributed by atoms with Crippen LogP contribution in [0.1, 0.15) is 35.2 Å². The van der Waals surface area contributed by atoms with Crippen LogP contribution in [-0.4, -0.2) is 20.7 Å². The van der Waals surface area contributed by atoms with Crippen LogP contribution in [0.15, 0.2) is 89.2 Å². The molecule has 1 aliphatic heterocycles. The van der Waals surface area contributed by atoms with E-state index in [1.54, 1.807) is 11.8 Å². The molecule has 8 heteroatoms. The molecule has 5 rings (SSSR count). The van der Waals surface area contributed by atoms with Gasteiger partial charge in [-0.05, 0) is 55.7 Å². The molecule has 182 valence electrons. The molecule has 1 aromatic heterocycles. The van der Waals surface area contributed by atoms with Crippen molar-refractivity contribution < 1.29 is 4.79 Å². The molecule has 3 aromatic carbocycles. The average molecular weight is 516 g/mol. The fraction of sp³-hybridized carbons (Fsp3) is 0.179. The van der Waals surface area contributed by atoms with Crippen molar-refractivity contribution in [2.24, 2.45) is 0 Å². The van der Waals surface area contributed by atoms with Crippen molar-refractivity contribution >= 4 is 40.9 Å². The fourth-order valence-corrected chi connectivity index (χ4v) is 5.21. The van der Waals surface area contributed by atoms with Gasteiger partial charge in [-0.2, -0.15) is 4.98 Å². The highest BCUT2D eigenvalue weighted by molar-refractivity contribution is 7.98. The van der Waals surface area contributed by atoms with Crippen LogP contribution in [0.25, 0.3) is 0 Å². The van der Waals surface area contributed by atoms with E-state index in [2.05, 4.69) is 16.7 Å². The van der Waals surface area contributed by atoms with Crippen LogP contribution < -0.4 is 10.6 Å². The van der Waals surface area contributed by atoms with Gasteiger partial charge >= 0.3 is 0 Å². The Labute approximate surface area is 219 Å². The van der Waals surface area contributed by atoms with Crippen LogP contribution >= 0.6 is 23.4 Å². The Hall–Kier alpha value is -3.55. The number of carbonyl (C=O) groups is 1. The Morgan fingerprint density at radius 3 is 2.53 bits per heavy atom. The van der Waals surface area contributed by atoms with Crippen LogP contribution in [0.5, 0.6) is 0 Å². The van der Waals surface area contributed by atoms with Crippen LogP contribution in [0.2, 0.25) is 5.02 Å². The summed E-state index contributed by atoms with van der Waals surface area (Å²) in [4.78, 5) is 18.4. The summed E-state index contributed by atoms with van der Waals surface area (Å²) in [6.07, 6.45) is 0. The number of nitrogens with one attached hydrogen (secondary N) is 2. The first-order valence-corrected chi connectivity index (χ1v) is 13.0. The average Bonchev–Trinajstić information content (AvgIpc) is 3.27. The summed E-state index contributed by atoms with van der Waals surface area (Å²) in [6.45, 7) is 5.94. The monoisotopic (exact) mass is 515 g/mol. The van der Waals surface area contributed by atoms with Crippen LogP contribution in [0, 0.1) is 13.8 Å². The van der Waals surface area contributed by atoms with Gasteiger partial charge in [0, 0.05) is 22.2 Å². The van der Waals surface area contributed by atoms with Gasteiger partial charge in [0.1, 0.15) is 6.04 Å². The molecule has 2 heterocycles. The molecule has 0 radical (unpaired) electrons. The van der Waals surface area contributed by atoms with E-state index in [-0.39, 0.29) is 5.91 Å². The van der Waals surface area contributed by atoms with E-state index in [0.29, 0.717) is 27.5 Å². The van der Waals surface area contributed by atoms with Crippen molar-refractivity contribution in [2.45, 2.75) is 37.7 Å². The molecule has 0 unspecified atom stereocenters. The number of amides is 1. The first-order chi connectivity index (χ1) is 17.4. The van der Waals surface area contributed by atoms with Gasteiger partial charge in [-0.15, -0.1) is 5.10 Å². The van der Waals surface area contributed by atoms with E-state index < -0.39 is 6.04 Å². The number of fused-ring (bicyclic) bond motifs is 1. The normalized spacial score (nSPS) is 14.8. The molecule has 2 N–H and O–H groups in total. The first-order valence-electron chi connectivity index (χ1n) is 11.6. The summed E-state index contributed by atoms with van der Waals surface area (Å²) in [5.41, 5.74) is 6.41. The zero-order valence-electron chi connectivity index (χ0n) is 20.2. The predicted octanol–water partition coefficient (Wildman–Crippen LogP) is 6.77. The highest BCUT2D eigenvalue weighted by Gasteiger charge is 2.34. The molecule has 0 aliphatic carbocycles. The molecule has 6 nitrogen and oxygen atoms in total. The lowest BCUT2D eigenvalue weighted by Crippen LogP contribution is -2.31. The number of aryl methyl sites for hydroxylation is 2. The Kier molecular flexibility index (Phi) is 6.85. The second-order valence-corrected chi connectivity index (χ2v) is 10.2. The third-order valence-electron chi connectivity index (χ3n) is 6.10. The zero-order chi connectivity index (χ0) is 25.2. The molecule has 0 saturated heterocycles. The summed E-state index contributed by atoms with van der Waals surface area (Å²) >= 11 is 7.55. The number of aromatic nitrogens is 3. The molecule has 0 spiro atoms. The minimum absolute atomic E-state index is 0.169. The van der Waals surface area contributed by atoms with Crippen LogP contribution in [0.3, 0.4) is 0 Å². The Bertz CT molecular complexity index is 1450. The topological polar surface area (TPSA) is 71.8 Å². The van der Waals surface area contributed by atoms with Crippen LogP contribution in [0.4, 0.5) is 11.6 Å². The Morgan fingerprint density at radius 2 is 1.81 bits per heavy atom. The maximum atomic E-state index is 13.7. The summed E-state index contributed by atoms with van der Waals surface area (Å²) in [5, 5.41) is 12.6. The Morgan fingerprint density at radius 1 is 1.06 bits per heavy atom. The van der Waals surface area contributed by atoms with E-state index >= 15 is 0 Å². The van der Waals surface area contributed by atoms with Gasteiger partial charge < -0.3 is 10.6 Å². The summed E-state index contributed by atoms with van der Waals surface area (Å²) in [5.74, 6) is 1.16. The van der Waals surface area contributed by atoms with Crippen molar-refractivity contribution in [1.29, 1.82) is 0 Å². The van der Waals surface area contributed by atoms with Crippen molar-refractivity contribution in [2.75, 3.05) is 10.6 Å². The smallest absolute Gasteiger partial charge is 0.255 e. The third-order valence-corrected chi connectivity index (χ3v) is 7.27. The number of nitrogens with zero attached hydrogens (tertiary/aromatic N) is 3. The number of hydrogen-bond donors (Lipinski definition) is 2. The van der Waals surface area contributed by atoms with Crippen molar-refractivity contribution in [3.63, 3.8) is 0 Å². The van der Waals surface area contributed by atoms with Gasteiger partial charge in [-0.3, -0.25) is 4.79 Å². The lowest BCUT2D eigenvalue weighted by molar-refractivity contribution is -0.113. The SMILES string of the molecule is CC1=C(C(=O)Nc2ccc(C)cc2C)[C@@H](c2ccccc2)n2nc(SCc3ccc(Cl)cc3)nc2N1. The van der Waals surface area contributed by atoms with E-state index in [9.17, 15) is 4.79 Å². The maximum absolute atomic E-state index is 13.7. The quantitative estimate of drug-likeness (QED) is 0.277. The molecule has 0 saturated carbocycles. The van der Waals surface area contributed by atoms with Gasteiger partial charge in [0.2, 0.25) is 11.1 Å². The number of anilines is 2. The molecule has 1 aliphatic rings. The van der Waals surface area contributed by atoms with E-state index in [0.717, 1.165) is 33.6 Å². The molecule has 0 bridgehead atoms. The first kappa shape index (κ1) is 24.2. The highest BCUT2D eigenvalue weighted by Crippen LogP contribution is 2.37. The zero-order valence-corrected chi connectivity index (χ0v) is 21.8. The van der Waals surface area contributed by atoms with Gasteiger partial charge in [-0.1, -0.05) is 83.5 Å². The van der Waals surface area contributed by atoms with E-state index in [1.165, 1.54) is 0 Å². The van der Waals surface area contributed by atoms with E-state index in [1.807, 2.05) is 92.2 Å². The second kappa shape index (κ2) is 10.2. The van der Waals surface area contributed by atoms with E-state index in [4.69, 9.17) is 21.7 Å². The third kappa shape index (κ3) is 5.03. The van der Waals surface area contributed by atoms with Crippen molar-refractivity contribution in [1.82, 2.24) is 14.8 Å². The predicted molar refractivity (Wildman–Crippen MR) is 146 cm³/mol. The summed E-state index contributed by atoms with van der Waals surface area (Å²) < 4.78 is 1.81. The number of halogens is 1. The minimum Gasteiger partial charge on any atom is -0.328 e. The van der Waals surface area contributed by atoms with Crippen molar-refractivity contribution in [3.05, 3.63) is 111 Å². The summed E-state index contributed by atoms with van der Waals surface area (Å²) in [7, 11) is 0. The lowest BCUT2D eigenvalue weighted by atomic mass is 9.95. The van der Waals surface area contributed by atoms with Gasteiger partial charge in [0.25, 0.3) is 5.91 Å². The number of hydrogen-bond acceptors (Lipinski definition) is 5. The number of benzene rings is 3. The molecule has 36 heavy (non-hydrogen) atoms. The maximum Gasteiger partial charge on any atom is 0.255 e. The molecule has 4 aromatic rings. The van der Waals surface area contributed by atoms with Crippen LogP contribution in [-0.2, 0) is 10.5 Å². The number of thioether (sulfide) groups is 1. The second-order valence-electron chi connectivity index (χ2n) is 8.83. The molecule has 1 atom stereocenters. The number of rotatable bonds is 6. The number of allylic oxidation sites excluding steroid dienone is 1. The fourth-order valence-electron chi connectivity index (χ4n) is 4.30. The van der Waals surface area contributed by atoms with Crippen molar-refractivity contribution in [3.8, 4) is 0 Å². The molecule has 1 amide bonds. The van der Waals surface area contributed by atoms with Gasteiger partial charge in [0.05, 0.1) is 5.57 Å². The lowest BCUT2D eigenvalue weighted by Gasteiger charge is -2.28. The van der Waals surface area contributed by atoms with Gasteiger partial charge in [0.15, 0.2) is 0 Å². The summed E-state index contributed by atoms with van der Waals surface area (Å²) in [6, 6.07) is 23.3. The minimum atomic E-state index is -0.411. The largest absolute Gasteiger partial charge is 0.328 e. The Balaban J connectivity index is 1.47. The molecular weight excluding hydrogens is 490 g/mol. The number of carbonyl (C=O) groups excluding carboxylic acids is 1.